The van der Waals surface area contributed by atoms with Crippen molar-refractivity contribution in [3.63, 3.8) is 0 Å². The predicted octanol–water partition coefficient (Wildman–Crippen LogP) is 1.30. The van der Waals surface area contributed by atoms with E-state index in [9.17, 15) is 0 Å². The van der Waals surface area contributed by atoms with E-state index in [-0.39, 0.29) is 0 Å². The van der Waals surface area contributed by atoms with Gasteiger partial charge in [-0.1, -0.05) is 6.92 Å². The first-order valence-electron chi connectivity index (χ1n) is 6.65. The Balaban J connectivity index is 1.77. The Morgan fingerprint density at radius 2 is 2.35 bits per heavy atom. The quantitative estimate of drug-likeness (QED) is 0.836. The van der Waals surface area contributed by atoms with Crippen LogP contribution in [0.1, 0.15) is 31.2 Å². The Morgan fingerprint density at radius 1 is 1.53 bits per heavy atom. The van der Waals surface area contributed by atoms with Crippen LogP contribution in [0.5, 0.6) is 0 Å². The molecule has 0 radical (unpaired) electrons. The number of aryl methyl sites for hydroxylation is 2. The highest BCUT2D eigenvalue weighted by Crippen LogP contribution is 2.15. The van der Waals surface area contributed by atoms with Gasteiger partial charge in [0.2, 0.25) is 0 Å². The molecule has 0 aromatic carbocycles. The van der Waals surface area contributed by atoms with Gasteiger partial charge in [-0.25, -0.2) is 0 Å². The highest BCUT2D eigenvalue weighted by atomic mass is 15.3. The van der Waals surface area contributed by atoms with Crippen LogP contribution in [0.3, 0.4) is 0 Å². The van der Waals surface area contributed by atoms with Gasteiger partial charge >= 0.3 is 0 Å². The lowest BCUT2D eigenvalue weighted by Crippen LogP contribution is -2.37. The minimum absolute atomic E-state index is 0.731. The van der Waals surface area contributed by atoms with Crippen LogP contribution in [0.15, 0.2) is 6.07 Å². The van der Waals surface area contributed by atoms with Crippen LogP contribution in [0, 0.1) is 6.92 Å². The van der Waals surface area contributed by atoms with E-state index < -0.39 is 0 Å². The van der Waals surface area contributed by atoms with Crippen LogP contribution in [0.2, 0.25) is 0 Å². The molecule has 1 N–H and O–H groups in total. The van der Waals surface area contributed by atoms with Gasteiger partial charge in [0.15, 0.2) is 0 Å². The first kappa shape index (κ1) is 12.6. The van der Waals surface area contributed by atoms with Crippen molar-refractivity contribution in [3.05, 3.63) is 17.5 Å². The van der Waals surface area contributed by atoms with Crippen LogP contribution in [0.25, 0.3) is 0 Å². The van der Waals surface area contributed by atoms with Gasteiger partial charge in [-0.05, 0) is 38.9 Å². The summed E-state index contributed by atoms with van der Waals surface area (Å²) in [6.45, 7) is 8.76. The lowest BCUT2D eigenvalue weighted by Gasteiger charge is -2.22. The molecule has 0 saturated carbocycles. The number of aromatic nitrogens is 2. The van der Waals surface area contributed by atoms with Crippen molar-refractivity contribution in [1.82, 2.24) is 20.0 Å². The molecule has 0 bridgehead atoms. The zero-order chi connectivity index (χ0) is 12.3. The molecule has 96 valence electrons. The van der Waals surface area contributed by atoms with Gasteiger partial charge in [0, 0.05) is 26.2 Å². The van der Waals surface area contributed by atoms with Crippen molar-refractivity contribution in [2.45, 2.75) is 39.3 Å². The summed E-state index contributed by atoms with van der Waals surface area (Å²) >= 11 is 0. The number of nitrogens with one attached hydrogen (secondary N) is 1. The number of rotatable bonds is 5. The monoisotopic (exact) mass is 236 g/mol. The van der Waals surface area contributed by atoms with Crippen molar-refractivity contribution >= 4 is 0 Å². The van der Waals surface area contributed by atoms with Crippen molar-refractivity contribution < 1.29 is 0 Å². The Labute approximate surface area is 104 Å². The average Bonchev–Trinajstić information content (AvgIpc) is 2.86. The molecule has 1 atom stereocenters. The maximum atomic E-state index is 4.36. The molecule has 4 nitrogen and oxygen atoms in total. The summed E-state index contributed by atoms with van der Waals surface area (Å²) in [5.74, 6) is 0. The third-order valence-electron chi connectivity index (χ3n) is 3.69. The lowest BCUT2D eigenvalue weighted by atomic mass is 10.2. The second-order valence-corrected chi connectivity index (χ2v) is 4.96. The van der Waals surface area contributed by atoms with Gasteiger partial charge < -0.3 is 5.32 Å². The van der Waals surface area contributed by atoms with Crippen molar-refractivity contribution in [3.8, 4) is 0 Å². The fourth-order valence-electron chi connectivity index (χ4n) is 2.74. The zero-order valence-corrected chi connectivity index (χ0v) is 11.2. The second-order valence-electron chi connectivity index (χ2n) is 4.96. The van der Waals surface area contributed by atoms with Gasteiger partial charge in [-0.2, -0.15) is 5.10 Å². The van der Waals surface area contributed by atoms with E-state index in [0.717, 1.165) is 24.8 Å². The molecule has 1 saturated heterocycles. The van der Waals surface area contributed by atoms with E-state index in [0.29, 0.717) is 0 Å². The van der Waals surface area contributed by atoms with Crippen molar-refractivity contribution in [1.29, 1.82) is 0 Å². The summed E-state index contributed by atoms with van der Waals surface area (Å²) < 4.78 is 1.97. The molecule has 1 aromatic heterocycles. The SMILES string of the molecule is CCN1CCCC1CNCc1cc(C)nn1C. The van der Waals surface area contributed by atoms with Gasteiger partial charge in [-0.15, -0.1) is 0 Å². The maximum absolute atomic E-state index is 4.36. The number of likely N-dealkylation sites (N-methyl/N-ethyl adjacent to an activating group) is 1. The van der Waals surface area contributed by atoms with E-state index in [2.05, 4.69) is 28.3 Å². The van der Waals surface area contributed by atoms with Crippen molar-refractivity contribution in [2.24, 2.45) is 7.05 Å². The van der Waals surface area contributed by atoms with Gasteiger partial charge in [0.25, 0.3) is 0 Å². The molecule has 2 rings (SSSR count). The number of nitrogens with zero attached hydrogens (tertiary/aromatic N) is 3. The molecule has 2 heterocycles. The van der Waals surface area contributed by atoms with Gasteiger partial charge in [0.1, 0.15) is 0 Å². The van der Waals surface area contributed by atoms with Crippen molar-refractivity contribution in [2.75, 3.05) is 19.6 Å². The Hall–Kier alpha value is -0.870. The first-order chi connectivity index (χ1) is 8.20. The molecule has 1 aliphatic rings. The van der Waals surface area contributed by atoms with E-state index in [4.69, 9.17) is 0 Å². The molecular formula is C13H24N4. The fourth-order valence-corrected chi connectivity index (χ4v) is 2.74. The predicted molar refractivity (Wildman–Crippen MR) is 69.9 cm³/mol. The van der Waals surface area contributed by atoms with Crippen LogP contribution in [0.4, 0.5) is 0 Å². The summed E-state index contributed by atoms with van der Waals surface area (Å²) in [5, 5.41) is 7.92. The van der Waals surface area contributed by atoms with E-state index in [1.807, 2.05) is 18.7 Å². The topological polar surface area (TPSA) is 33.1 Å². The van der Waals surface area contributed by atoms with Crippen LogP contribution in [-0.2, 0) is 13.6 Å². The minimum Gasteiger partial charge on any atom is -0.310 e. The summed E-state index contributed by atoms with van der Waals surface area (Å²) in [6.07, 6.45) is 2.69. The summed E-state index contributed by atoms with van der Waals surface area (Å²) in [5.41, 5.74) is 2.36. The molecule has 1 fully saturated rings. The highest BCUT2D eigenvalue weighted by Gasteiger charge is 2.22. The standard InChI is InChI=1S/C13H24N4/c1-4-17-7-5-6-12(17)9-14-10-13-8-11(2)15-16(13)3/h8,12,14H,4-7,9-10H2,1-3H3. The number of hydrogen-bond acceptors (Lipinski definition) is 3. The first-order valence-corrected chi connectivity index (χ1v) is 6.65. The molecule has 4 heteroatoms. The van der Waals surface area contributed by atoms with E-state index in [1.165, 1.54) is 31.6 Å². The molecule has 0 aliphatic carbocycles. The van der Waals surface area contributed by atoms with E-state index in [1.54, 1.807) is 0 Å². The summed E-state index contributed by atoms with van der Waals surface area (Å²) in [7, 11) is 2.01. The molecule has 0 amide bonds. The van der Waals surface area contributed by atoms with Crippen LogP contribution >= 0.6 is 0 Å². The highest BCUT2D eigenvalue weighted by molar-refractivity contribution is 5.08. The Kier molecular flexibility index (Phi) is 4.18. The van der Waals surface area contributed by atoms with E-state index >= 15 is 0 Å². The van der Waals surface area contributed by atoms with Gasteiger partial charge in [0.05, 0.1) is 11.4 Å². The number of hydrogen-bond donors (Lipinski definition) is 1. The third kappa shape index (κ3) is 3.07. The average molecular weight is 236 g/mol. The third-order valence-corrected chi connectivity index (χ3v) is 3.69. The zero-order valence-electron chi connectivity index (χ0n) is 11.2. The molecule has 1 unspecified atom stereocenters. The summed E-state index contributed by atoms with van der Waals surface area (Å²) in [4.78, 5) is 2.57. The largest absolute Gasteiger partial charge is 0.310 e. The molecular weight excluding hydrogens is 212 g/mol. The lowest BCUT2D eigenvalue weighted by molar-refractivity contribution is 0.259. The smallest absolute Gasteiger partial charge is 0.0597 e. The maximum Gasteiger partial charge on any atom is 0.0597 e. The Morgan fingerprint density at radius 3 is 3.00 bits per heavy atom. The molecule has 17 heavy (non-hydrogen) atoms. The molecule has 1 aliphatic heterocycles. The molecule has 0 spiro atoms. The van der Waals surface area contributed by atoms with Crippen LogP contribution < -0.4 is 5.32 Å². The summed E-state index contributed by atoms with van der Waals surface area (Å²) in [6, 6.07) is 2.88. The fraction of sp³-hybridized carbons (Fsp3) is 0.769. The second kappa shape index (κ2) is 5.65. The van der Waals surface area contributed by atoms with Gasteiger partial charge in [-0.3, -0.25) is 9.58 Å². The van der Waals surface area contributed by atoms with Crippen LogP contribution in [-0.4, -0.2) is 40.4 Å². The normalized spacial score (nSPS) is 21.2. The number of likely N-dealkylation sites (tertiary alicyclic amines) is 1. The molecule has 1 aromatic rings. The Bertz CT molecular complexity index is 358. The minimum atomic E-state index is 0.731.